The van der Waals surface area contributed by atoms with E-state index in [9.17, 15) is 5.11 Å². The van der Waals surface area contributed by atoms with E-state index < -0.39 is 0 Å². The van der Waals surface area contributed by atoms with E-state index in [1.54, 1.807) is 0 Å². The first-order valence-electron chi connectivity index (χ1n) is 5.36. The monoisotopic (exact) mass is 292 g/mol. The molecule has 2 aromatic carbocycles. The highest BCUT2D eigenvalue weighted by molar-refractivity contribution is 9.10. The predicted molar refractivity (Wildman–Crippen MR) is 70.8 cm³/mol. The molecule has 0 spiro atoms. The molecule has 1 N–H and O–H groups in total. The summed E-state index contributed by atoms with van der Waals surface area (Å²) >= 11 is 3.43. The first-order valence-corrected chi connectivity index (χ1v) is 6.15. The Balaban J connectivity index is 2.14. The lowest BCUT2D eigenvalue weighted by Gasteiger charge is -2.11. The van der Waals surface area contributed by atoms with E-state index in [4.69, 9.17) is 4.74 Å². The van der Waals surface area contributed by atoms with Crippen LogP contribution < -0.4 is 4.74 Å². The number of aliphatic hydroxyl groups is 1. The maximum absolute atomic E-state index is 9.24. The van der Waals surface area contributed by atoms with E-state index in [1.807, 2.05) is 48.5 Å². The van der Waals surface area contributed by atoms with Crippen molar-refractivity contribution in [2.75, 3.05) is 0 Å². The van der Waals surface area contributed by atoms with E-state index >= 15 is 0 Å². The number of halogens is 1. The van der Waals surface area contributed by atoms with Gasteiger partial charge in [-0.15, -0.1) is 0 Å². The Morgan fingerprint density at radius 3 is 2.47 bits per heavy atom. The van der Waals surface area contributed by atoms with Crippen LogP contribution in [0.25, 0.3) is 0 Å². The summed E-state index contributed by atoms with van der Waals surface area (Å²) in [5.41, 5.74) is 1.89. The third-order valence-corrected chi connectivity index (χ3v) is 3.07. The molecule has 0 amide bonds. The number of benzene rings is 2. The van der Waals surface area contributed by atoms with Gasteiger partial charge in [-0.25, -0.2) is 0 Å². The molecule has 0 aliphatic rings. The summed E-state index contributed by atoms with van der Waals surface area (Å²) in [4.78, 5) is 0. The van der Waals surface area contributed by atoms with Gasteiger partial charge in [-0.2, -0.15) is 0 Å². The van der Waals surface area contributed by atoms with E-state index in [2.05, 4.69) is 15.9 Å². The summed E-state index contributed by atoms with van der Waals surface area (Å²) in [5.74, 6) is 0.707. The minimum absolute atomic E-state index is 0.0242. The van der Waals surface area contributed by atoms with Gasteiger partial charge in [0, 0.05) is 5.56 Å². The second-order valence-electron chi connectivity index (χ2n) is 3.66. The van der Waals surface area contributed by atoms with Crippen molar-refractivity contribution in [3.8, 4) is 5.75 Å². The van der Waals surface area contributed by atoms with E-state index in [0.717, 1.165) is 15.6 Å². The van der Waals surface area contributed by atoms with E-state index in [1.165, 1.54) is 0 Å². The molecule has 0 saturated heterocycles. The predicted octanol–water partition coefficient (Wildman–Crippen LogP) is 3.52. The van der Waals surface area contributed by atoms with Crippen molar-refractivity contribution in [3.63, 3.8) is 0 Å². The van der Waals surface area contributed by atoms with Gasteiger partial charge in [-0.05, 0) is 27.6 Å². The van der Waals surface area contributed by atoms with Gasteiger partial charge in [0.05, 0.1) is 11.1 Å². The maximum Gasteiger partial charge on any atom is 0.139 e. The van der Waals surface area contributed by atoms with Crippen LogP contribution in [0.2, 0.25) is 0 Å². The fraction of sp³-hybridized carbons (Fsp3) is 0.143. The quantitative estimate of drug-likeness (QED) is 0.934. The van der Waals surface area contributed by atoms with Crippen LogP contribution in [0.5, 0.6) is 5.75 Å². The van der Waals surface area contributed by atoms with Crippen LogP contribution in [0.3, 0.4) is 0 Å². The molecule has 2 nitrogen and oxygen atoms in total. The summed E-state index contributed by atoms with van der Waals surface area (Å²) in [7, 11) is 0. The van der Waals surface area contributed by atoms with Crippen molar-refractivity contribution in [2.45, 2.75) is 13.2 Å². The first kappa shape index (κ1) is 12.1. The normalized spacial score (nSPS) is 10.2. The molecule has 0 unspecified atom stereocenters. The molecule has 17 heavy (non-hydrogen) atoms. The van der Waals surface area contributed by atoms with Crippen molar-refractivity contribution in [1.82, 2.24) is 0 Å². The van der Waals surface area contributed by atoms with Crippen LogP contribution in [-0.4, -0.2) is 5.11 Å². The van der Waals surface area contributed by atoms with Crippen molar-refractivity contribution < 1.29 is 9.84 Å². The SMILES string of the molecule is OCc1cccc(Br)c1OCc1ccccc1. The minimum atomic E-state index is -0.0242. The molecule has 3 heteroatoms. The fourth-order valence-electron chi connectivity index (χ4n) is 1.57. The molecule has 88 valence electrons. The molecule has 0 atom stereocenters. The van der Waals surface area contributed by atoms with Gasteiger partial charge in [0.1, 0.15) is 12.4 Å². The highest BCUT2D eigenvalue weighted by atomic mass is 79.9. The molecule has 2 rings (SSSR count). The number of aliphatic hydroxyl groups excluding tert-OH is 1. The average Bonchev–Trinajstić information content (AvgIpc) is 2.38. The number of ether oxygens (including phenoxy) is 1. The molecule has 0 fully saturated rings. The van der Waals surface area contributed by atoms with Crippen molar-refractivity contribution in [2.24, 2.45) is 0 Å². The lowest BCUT2D eigenvalue weighted by Crippen LogP contribution is -1.99. The van der Waals surface area contributed by atoms with Gasteiger partial charge in [0.15, 0.2) is 0 Å². The van der Waals surface area contributed by atoms with Crippen LogP contribution >= 0.6 is 15.9 Å². The summed E-state index contributed by atoms with van der Waals surface area (Å²) in [5, 5.41) is 9.24. The molecular formula is C14H13BrO2. The van der Waals surface area contributed by atoms with Gasteiger partial charge < -0.3 is 9.84 Å². The topological polar surface area (TPSA) is 29.5 Å². The fourth-order valence-corrected chi connectivity index (χ4v) is 2.09. The Morgan fingerprint density at radius 1 is 1.00 bits per heavy atom. The smallest absolute Gasteiger partial charge is 0.139 e. The molecule has 0 saturated carbocycles. The molecule has 2 aromatic rings. The third-order valence-electron chi connectivity index (χ3n) is 2.44. The standard InChI is InChI=1S/C14H13BrO2/c15-13-8-4-7-12(9-16)14(13)17-10-11-5-2-1-3-6-11/h1-8,16H,9-10H2. The van der Waals surface area contributed by atoms with Gasteiger partial charge in [-0.1, -0.05) is 42.5 Å². The second-order valence-corrected chi connectivity index (χ2v) is 4.51. The zero-order chi connectivity index (χ0) is 12.1. The molecule has 0 aliphatic heterocycles. The molecule has 0 heterocycles. The first-order chi connectivity index (χ1) is 8.31. The van der Waals surface area contributed by atoms with E-state index in [-0.39, 0.29) is 6.61 Å². The Labute approximate surface area is 109 Å². The minimum Gasteiger partial charge on any atom is -0.487 e. The van der Waals surface area contributed by atoms with Crippen LogP contribution in [0.1, 0.15) is 11.1 Å². The number of hydrogen-bond donors (Lipinski definition) is 1. The largest absolute Gasteiger partial charge is 0.487 e. The van der Waals surface area contributed by atoms with Crippen molar-refractivity contribution in [1.29, 1.82) is 0 Å². The zero-order valence-corrected chi connectivity index (χ0v) is 10.9. The Morgan fingerprint density at radius 2 is 1.76 bits per heavy atom. The van der Waals surface area contributed by atoms with Gasteiger partial charge in [0.2, 0.25) is 0 Å². The number of para-hydroxylation sites is 1. The summed E-state index contributed by atoms with van der Waals surface area (Å²) < 4.78 is 6.60. The summed E-state index contributed by atoms with van der Waals surface area (Å²) in [6.45, 7) is 0.472. The van der Waals surface area contributed by atoms with E-state index in [0.29, 0.717) is 12.4 Å². The van der Waals surface area contributed by atoms with Crippen molar-refractivity contribution >= 4 is 15.9 Å². The second kappa shape index (κ2) is 5.84. The number of rotatable bonds is 4. The third kappa shape index (κ3) is 3.08. The molecule has 0 radical (unpaired) electrons. The molecule has 0 aromatic heterocycles. The Bertz CT molecular complexity index is 483. The van der Waals surface area contributed by atoms with Crippen LogP contribution in [-0.2, 0) is 13.2 Å². The van der Waals surface area contributed by atoms with Gasteiger partial charge in [0.25, 0.3) is 0 Å². The van der Waals surface area contributed by atoms with Crippen LogP contribution in [0, 0.1) is 0 Å². The Hall–Kier alpha value is -1.32. The van der Waals surface area contributed by atoms with Crippen LogP contribution in [0.15, 0.2) is 53.0 Å². The molecule has 0 bridgehead atoms. The van der Waals surface area contributed by atoms with Gasteiger partial charge in [-0.3, -0.25) is 0 Å². The maximum atomic E-state index is 9.24. The summed E-state index contributed by atoms with van der Waals surface area (Å²) in [6.07, 6.45) is 0. The molecular weight excluding hydrogens is 280 g/mol. The average molecular weight is 293 g/mol. The summed E-state index contributed by atoms with van der Waals surface area (Å²) in [6, 6.07) is 15.6. The van der Waals surface area contributed by atoms with Gasteiger partial charge >= 0.3 is 0 Å². The lowest BCUT2D eigenvalue weighted by atomic mass is 10.2. The number of hydrogen-bond acceptors (Lipinski definition) is 2. The highest BCUT2D eigenvalue weighted by Crippen LogP contribution is 2.29. The Kier molecular flexibility index (Phi) is 4.18. The lowest BCUT2D eigenvalue weighted by molar-refractivity contribution is 0.258. The zero-order valence-electron chi connectivity index (χ0n) is 9.27. The van der Waals surface area contributed by atoms with Crippen molar-refractivity contribution in [3.05, 3.63) is 64.1 Å². The highest BCUT2D eigenvalue weighted by Gasteiger charge is 2.07. The van der Waals surface area contributed by atoms with Crippen LogP contribution in [0.4, 0.5) is 0 Å². The molecule has 0 aliphatic carbocycles.